The van der Waals surface area contributed by atoms with Crippen molar-refractivity contribution in [3.63, 3.8) is 0 Å². The monoisotopic (exact) mass is 420 g/mol. The van der Waals surface area contributed by atoms with Gasteiger partial charge in [0.2, 0.25) is 5.96 Å². The number of aliphatic imine (C=N–C) groups is 1. The summed E-state index contributed by atoms with van der Waals surface area (Å²) in [7, 11) is 0. The molecular weight excluding hydrogens is 396 g/mol. The number of anilines is 3. The van der Waals surface area contributed by atoms with E-state index in [0.717, 1.165) is 11.3 Å². The maximum atomic E-state index is 9.40. The molecule has 1 aromatic carbocycles. The minimum atomic E-state index is -0.513. The number of nitriles is 2. The number of hydrogen-bond donors (Lipinski definition) is 4. The zero-order valence-corrected chi connectivity index (χ0v) is 17.6. The number of rotatable bonds is 7. The van der Waals surface area contributed by atoms with Crippen molar-refractivity contribution in [2.45, 2.75) is 43.5 Å². The van der Waals surface area contributed by atoms with Crippen LogP contribution in [-0.4, -0.2) is 16.7 Å². The average molecular weight is 421 g/mol. The smallest absolute Gasteiger partial charge is 0.211 e. The van der Waals surface area contributed by atoms with E-state index in [1.54, 1.807) is 0 Å². The van der Waals surface area contributed by atoms with Crippen LogP contribution in [0.25, 0.3) is 0 Å². The second-order valence-corrected chi connectivity index (χ2v) is 8.05. The lowest BCUT2D eigenvalue weighted by atomic mass is 9.95. The summed E-state index contributed by atoms with van der Waals surface area (Å²) in [5.74, 6) is 1.76. The van der Waals surface area contributed by atoms with Crippen LogP contribution in [0.3, 0.4) is 0 Å². The third-order valence-corrected chi connectivity index (χ3v) is 5.92. The van der Waals surface area contributed by atoms with E-state index in [4.69, 9.17) is 16.7 Å². The topological polar surface area (TPSA) is 149 Å². The summed E-state index contributed by atoms with van der Waals surface area (Å²) in [4.78, 5) is 10.0. The fraction of sp³-hybridized carbons (Fsp3) is 0.333. The summed E-state index contributed by atoms with van der Waals surface area (Å²) in [5.41, 5.74) is 14.0. The molecule has 1 aliphatic heterocycles. The summed E-state index contributed by atoms with van der Waals surface area (Å²) in [6.45, 7) is 2.21. The number of nitrogens with two attached hydrogens (primary N) is 2. The molecule has 0 radical (unpaired) electrons. The van der Waals surface area contributed by atoms with Crippen LogP contribution in [0.15, 0.2) is 34.2 Å². The molecule has 6 N–H and O–H groups in total. The highest BCUT2D eigenvalue weighted by molar-refractivity contribution is 7.99. The van der Waals surface area contributed by atoms with Crippen molar-refractivity contribution < 1.29 is 0 Å². The summed E-state index contributed by atoms with van der Waals surface area (Å²) in [5, 5.41) is 23.8. The van der Waals surface area contributed by atoms with Gasteiger partial charge in [-0.3, -0.25) is 5.32 Å². The van der Waals surface area contributed by atoms with Crippen molar-refractivity contribution in [3.8, 4) is 12.3 Å². The van der Waals surface area contributed by atoms with Gasteiger partial charge >= 0.3 is 0 Å². The third kappa shape index (κ3) is 4.58. The van der Waals surface area contributed by atoms with Crippen LogP contribution in [0.2, 0.25) is 0 Å². The number of hydrogen-bond acceptors (Lipinski definition) is 9. The predicted molar refractivity (Wildman–Crippen MR) is 121 cm³/mol. The number of nitrogen functional groups attached to an aromatic ring is 2. The van der Waals surface area contributed by atoms with Crippen molar-refractivity contribution in [2.24, 2.45) is 4.99 Å². The average Bonchev–Trinajstić information content (AvgIpc) is 2.74. The Bertz CT molecular complexity index is 1020. The maximum absolute atomic E-state index is 9.40. The number of nitrogens with zero attached hydrogens (tertiary/aromatic N) is 4. The Morgan fingerprint density at radius 3 is 2.60 bits per heavy atom. The first kappa shape index (κ1) is 21.3. The van der Waals surface area contributed by atoms with Crippen molar-refractivity contribution in [3.05, 3.63) is 41.0 Å². The van der Waals surface area contributed by atoms with E-state index in [9.17, 15) is 5.26 Å². The summed E-state index contributed by atoms with van der Waals surface area (Å²) < 4.78 is 0. The van der Waals surface area contributed by atoms with Crippen molar-refractivity contribution >= 4 is 35.0 Å². The molecule has 2 aromatic rings. The number of thioether (sulfide) groups is 1. The molecule has 0 bridgehead atoms. The molecular formula is C21H24N8S. The van der Waals surface area contributed by atoms with Gasteiger partial charge in [-0.05, 0) is 29.9 Å². The molecule has 0 fully saturated rings. The van der Waals surface area contributed by atoms with Gasteiger partial charge in [-0.15, -0.1) is 11.8 Å². The van der Waals surface area contributed by atoms with Gasteiger partial charge in [0.1, 0.15) is 29.3 Å². The minimum absolute atomic E-state index is 0.0352. The second kappa shape index (κ2) is 9.86. The largest absolute Gasteiger partial charge is 0.397 e. The highest BCUT2D eigenvalue weighted by Gasteiger charge is 2.29. The Kier molecular flexibility index (Phi) is 6.99. The van der Waals surface area contributed by atoms with E-state index in [0.29, 0.717) is 11.4 Å². The molecule has 0 spiro atoms. The Labute approximate surface area is 180 Å². The van der Waals surface area contributed by atoms with Crippen molar-refractivity contribution in [2.75, 3.05) is 22.5 Å². The number of nitrogens with one attached hydrogen (secondary N) is 2. The van der Waals surface area contributed by atoms with Crippen LogP contribution >= 0.6 is 11.8 Å². The summed E-state index contributed by atoms with van der Waals surface area (Å²) >= 11 is 1.83. The molecule has 1 aromatic heterocycles. The fourth-order valence-electron chi connectivity index (χ4n) is 3.29. The molecule has 1 aliphatic rings. The number of pyridine rings is 1. The second-order valence-electron chi connectivity index (χ2n) is 6.88. The molecule has 3 rings (SSSR count). The van der Waals surface area contributed by atoms with E-state index in [1.165, 1.54) is 30.6 Å². The molecule has 0 aliphatic carbocycles. The number of aromatic nitrogens is 1. The first-order valence-electron chi connectivity index (χ1n) is 9.80. The first-order valence-corrected chi connectivity index (χ1v) is 10.8. The van der Waals surface area contributed by atoms with Crippen LogP contribution < -0.4 is 22.1 Å². The summed E-state index contributed by atoms with van der Waals surface area (Å²) in [6, 6.07) is 9.59. The SMILES string of the molecule is CCCCCCSc1ccc(C2N=C(NC#N)Nc3nc(N)c(C#N)c(N)c32)cc1. The van der Waals surface area contributed by atoms with E-state index in [1.807, 2.05) is 36.2 Å². The lowest BCUT2D eigenvalue weighted by Gasteiger charge is -2.26. The van der Waals surface area contributed by atoms with Crippen LogP contribution in [0.1, 0.15) is 55.3 Å². The van der Waals surface area contributed by atoms with Crippen LogP contribution in [-0.2, 0) is 0 Å². The molecule has 0 saturated heterocycles. The van der Waals surface area contributed by atoms with Gasteiger partial charge < -0.3 is 16.8 Å². The highest BCUT2D eigenvalue weighted by atomic mass is 32.2. The van der Waals surface area contributed by atoms with E-state index in [-0.39, 0.29) is 23.0 Å². The fourth-order valence-corrected chi connectivity index (χ4v) is 4.20. The van der Waals surface area contributed by atoms with Crippen molar-refractivity contribution in [1.29, 1.82) is 10.5 Å². The minimum Gasteiger partial charge on any atom is -0.397 e. The van der Waals surface area contributed by atoms with Crippen LogP contribution in [0.4, 0.5) is 17.3 Å². The number of unbranched alkanes of at least 4 members (excludes halogenated alkanes) is 3. The Morgan fingerprint density at radius 1 is 1.17 bits per heavy atom. The van der Waals surface area contributed by atoms with Gasteiger partial charge in [0.25, 0.3) is 0 Å². The molecule has 8 nitrogen and oxygen atoms in total. The van der Waals surface area contributed by atoms with Gasteiger partial charge in [-0.2, -0.15) is 10.5 Å². The third-order valence-electron chi connectivity index (χ3n) is 4.82. The Morgan fingerprint density at radius 2 is 1.93 bits per heavy atom. The normalized spacial score (nSPS) is 14.6. The first-order chi connectivity index (χ1) is 14.6. The van der Waals surface area contributed by atoms with Gasteiger partial charge in [0.15, 0.2) is 6.19 Å². The van der Waals surface area contributed by atoms with Gasteiger partial charge in [-0.1, -0.05) is 38.3 Å². The summed E-state index contributed by atoms with van der Waals surface area (Å²) in [6.07, 6.45) is 6.82. The standard InChI is InChI=1S/C21H24N8S/c1-2-3-4-5-10-30-14-8-6-13(7-9-14)18-16-17(24)15(11-22)19(25)28-20(16)29-21(27-18)26-12-23/h6-9,18H,2-5,10H2,1H3,(H6,24,25,26,27,28,29). The molecule has 30 heavy (non-hydrogen) atoms. The Balaban J connectivity index is 1.89. The quantitative estimate of drug-likeness (QED) is 0.229. The lowest BCUT2D eigenvalue weighted by Crippen LogP contribution is -2.32. The zero-order chi connectivity index (χ0) is 21.5. The van der Waals surface area contributed by atoms with E-state index >= 15 is 0 Å². The van der Waals surface area contributed by atoms with E-state index in [2.05, 4.69) is 39.7 Å². The number of benzene rings is 1. The predicted octanol–water partition coefficient (Wildman–Crippen LogP) is 3.73. The molecule has 9 heteroatoms. The lowest BCUT2D eigenvalue weighted by molar-refractivity contribution is 0.706. The number of guanidine groups is 1. The highest BCUT2D eigenvalue weighted by Crippen LogP contribution is 2.40. The van der Waals surface area contributed by atoms with Crippen LogP contribution in [0.5, 0.6) is 0 Å². The number of fused-ring (bicyclic) bond motifs is 1. The maximum Gasteiger partial charge on any atom is 0.211 e. The van der Waals surface area contributed by atoms with Gasteiger partial charge in [0.05, 0.1) is 5.69 Å². The van der Waals surface area contributed by atoms with Crippen molar-refractivity contribution in [1.82, 2.24) is 10.3 Å². The molecule has 0 saturated carbocycles. The van der Waals surface area contributed by atoms with Gasteiger partial charge in [0, 0.05) is 10.5 Å². The molecule has 2 heterocycles. The molecule has 1 atom stereocenters. The Hall–Kier alpha value is -3.43. The van der Waals surface area contributed by atoms with E-state index < -0.39 is 6.04 Å². The molecule has 154 valence electrons. The molecule has 1 unspecified atom stereocenters. The molecule has 0 amide bonds. The van der Waals surface area contributed by atoms with Gasteiger partial charge in [-0.25, -0.2) is 9.98 Å². The zero-order valence-electron chi connectivity index (χ0n) is 16.8. The van der Waals surface area contributed by atoms with Crippen LogP contribution in [0, 0.1) is 22.8 Å².